The summed E-state index contributed by atoms with van der Waals surface area (Å²) >= 11 is 0. The maximum absolute atomic E-state index is 12.2. The number of hydrogen-bond donors (Lipinski definition) is 5. The Balaban J connectivity index is 2.33. The molecule has 0 aliphatic rings. The first kappa shape index (κ1) is 20.8. The molecule has 0 aromatic heterocycles. The Kier molecular flexibility index (Phi) is 7.38. The second-order valence-electron chi connectivity index (χ2n) is 6.23. The van der Waals surface area contributed by atoms with Crippen LogP contribution in [0.25, 0.3) is 11.1 Å². The van der Waals surface area contributed by atoms with Crippen LogP contribution >= 0.6 is 0 Å². The zero-order chi connectivity index (χ0) is 20.5. The van der Waals surface area contributed by atoms with Gasteiger partial charge in [-0.25, -0.2) is 14.4 Å². The Bertz CT molecular complexity index is 839. The van der Waals surface area contributed by atoms with Crippen LogP contribution in [0.15, 0.2) is 48.5 Å². The van der Waals surface area contributed by atoms with Crippen LogP contribution in [-0.2, 0) is 11.2 Å². The highest BCUT2D eigenvalue weighted by atomic mass is 16.4. The highest BCUT2D eigenvalue weighted by Gasteiger charge is 2.20. The van der Waals surface area contributed by atoms with Gasteiger partial charge < -0.3 is 26.8 Å². The molecule has 6 N–H and O–H groups in total. The number of carboxylic acids is 1. The summed E-state index contributed by atoms with van der Waals surface area (Å²) < 4.78 is 0. The second-order valence-corrected chi connectivity index (χ2v) is 6.23. The van der Waals surface area contributed by atoms with Crippen LogP contribution in [0.1, 0.15) is 18.9 Å². The van der Waals surface area contributed by atoms with Crippen LogP contribution in [0.5, 0.6) is 0 Å². The molecule has 8 nitrogen and oxygen atoms in total. The number of carboxylic acid groups (broad SMARTS) is 1. The highest BCUT2D eigenvalue weighted by molar-refractivity contribution is 5.94. The first-order valence-corrected chi connectivity index (χ1v) is 8.92. The van der Waals surface area contributed by atoms with Gasteiger partial charge in [-0.15, -0.1) is 0 Å². The summed E-state index contributed by atoms with van der Waals surface area (Å²) in [5.41, 5.74) is 7.93. The first-order valence-electron chi connectivity index (χ1n) is 8.92. The molecule has 2 aromatic rings. The molecule has 2 aromatic carbocycles. The van der Waals surface area contributed by atoms with Gasteiger partial charge in [-0.1, -0.05) is 49.4 Å². The van der Waals surface area contributed by atoms with Crippen LogP contribution in [0.3, 0.4) is 0 Å². The van der Waals surface area contributed by atoms with E-state index in [0.29, 0.717) is 17.8 Å². The summed E-state index contributed by atoms with van der Waals surface area (Å²) in [5, 5.41) is 17.0. The third kappa shape index (κ3) is 6.01. The third-order valence-corrected chi connectivity index (χ3v) is 4.01. The van der Waals surface area contributed by atoms with Gasteiger partial charge in [0.1, 0.15) is 6.04 Å². The van der Waals surface area contributed by atoms with E-state index in [1.165, 1.54) is 0 Å². The minimum absolute atomic E-state index is 0.0264. The maximum Gasteiger partial charge on any atom is 0.326 e. The number of nitrogens with one attached hydrogen (secondary N) is 3. The number of anilines is 1. The molecule has 0 saturated carbocycles. The van der Waals surface area contributed by atoms with Crippen molar-refractivity contribution >= 4 is 23.7 Å². The van der Waals surface area contributed by atoms with Crippen LogP contribution < -0.4 is 21.7 Å². The van der Waals surface area contributed by atoms with Crippen molar-refractivity contribution in [1.82, 2.24) is 10.6 Å². The largest absolute Gasteiger partial charge is 0.480 e. The fourth-order valence-electron chi connectivity index (χ4n) is 2.70. The van der Waals surface area contributed by atoms with Crippen molar-refractivity contribution in [2.24, 2.45) is 5.73 Å². The molecule has 0 aliphatic carbocycles. The van der Waals surface area contributed by atoms with Crippen LogP contribution in [0, 0.1) is 0 Å². The number of nitrogens with two attached hydrogens (primary N) is 1. The van der Waals surface area contributed by atoms with E-state index in [1.54, 1.807) is 12.1 Å². The van der Waals surface area contributed by atoms with Crippen molar-refractivity contribution in [1.29, 1.82) is 0 Å². The predicted molar refractivity (Wildman–Crippen MR) is 107 cm³/mol. The molecule has 0 saturated heterocycles. The van der Waals surface area contributed by atoms with Crippen molar-refractivity contribution in [2.75, 3.05) is 11.9 Å². The number of hydrogen-bond acceptors (Lipinski definition) is 3. The molecule has 0 bridgehead atoms. The Hall–Kier alpha value is -3.55. The molecule has 28 heavy (non-hydrogen) atoms. The quantitative estimate of drug-likeness (QED) is 0.478. The molecule has 0 heterocycles. The van der Waals surface area contributed by atoms with E-state index in [1.807, 2.05) is 43.3 Å². The maximum atomic E-state index is 12.2. The molecule has 1 atom stereocenters. The number of carbonyl (C=O) groups is 3. The predicted octanol–water partition coefficient (Wildman–Crippen LogP) is 2.55. The number of rotatable bonds is 8. The smallest absolute Gasteiger partial charge is 0.326 e. The Morgan fingerprint density at radius 2 is 1.82 bits per heavy atom. The standard InChI is InChI=1S/C20H24N4O4/c1-2-10-22-20(28)24-16-11-13(12-17(18(25)26)23-19(21)27)8-9-15(16)14-6-4-3-5-7-14/h3-9,11,17H,2,10,12H2,1H3,(H,25,26)(H3,21,23,27)(H2,22,24,28)/t17-/m0/s1. The molecule has 0 aliphatic heterocycles. The number of primary amides is 1. The van der Waals surface area contributed by atoms with Crippen LogP contribution in [-0.4, -0.2) is 35.7 Å². The molecule has 0 radical (unpaired) electrons. The van der Waals surface area contributed by atoms with Gasteiger partial charge in [0.25, 0.3) is 0 Å². The topological polar surface area (TPSA) is 134 Å². The minimum atomic E-state index is -1.19. The van der Waals surface area contributed by atoms with Crippen molar-refractivity contribution < 1.29 is 19.5 Å². The van der Waals surface area contributed by atoms with Gasteiger partial charge in [0.2, 0.25) is 0 Å². The van der Waals surface area contributed by atoms with Crippen molar-refractivity contribution in [3.8, 4) is 11.1 Å². The van der Waals surface area contributed by atoms with E-state index in [-0.39, 0.29) is 12.5 Å². The van der Waals surface area contributed by atoms with E-state index in [2.05, 4.69) is 16.0 Å². The van der Waals surface area contributed by atoms with E-state index in [0.717, 1.165) is 17.5 Å². The van der Waals surface area contributed by atoms with Gasteiger partial charge in [-0.05, 0) is 23.6 Å². The third-order valence-electron chi connectivity index (χ3n) is 4.01. The van der Waals surface area contributed by atoms with Gasteiger partial charge in [0.15, 0.2) is 0 Å². The fourth-order valence-corrected chi connectivity index (χ4v) is 2.70. The second kappa shape index (κ2) is 9.96. The zero-order valence-electron chi connectivity index (χ0n) is 15.6. The van der Waals surface area contributed by atoms with E-state index < -0.39 is 18.0 Å². The first-order chi connectivity index (χ1) is 13.4. The SMILES string of the molecule is CCCNC(=O)Nc1cc(C[C@H](NC(N)=O)C(=O)O)ccc1-c1ccccc1. The van der Waals surface area contributed by atoms with E-state index in [9.17, 15) is 19.5 Å². The normalized spacial score (nSPS) is 11.3. The van der Waals surface area contributed by atoms with Crippen LogP contribution in [0.2, 0.25) is 0 Å². The van der Waals surface area contributed by atoms with Gasteiger partial charge in [-0.3, -0.25) is 0 Å². The van der Waals surface area contributed by atoms with Gasteiger partial charge in [0, 0.05) is 18.5 Å². The zero-order valence-corrected chi connectivity index (χ0v) is 15.6. The Labute approximate surface area is 163 Å². The number of amides is 4. The molecule has 0 fully saturated rings. The van der Waals surface area contributed by atoms with Crippen LogP contribution in [0.4, 0.5) is 15.3 Å². The van der Waals surface area contributed by atoms with E-state index in [4.69, 9.17) is 5.73 Å². The molecule has 2 rings (SSSR count). The summed E-state index contributed by atoms with van der Waals surface area (Å²) in [5.74, 6) is -1.19. The number of carbonyl (C=O) groups excluding carboxylic acids is 2. The summed E-state index contributed by atoms with van der Waals surface area (Å²) in [6.07, 6.45) is 0.830. The summed E-state index contributed by atoms with van der Waals surface area (Å²) in [4.78, 5) is 34.5. The average molecular weight is 384 g/mol. The summed E-state index contributed by atoms with van der Waals surface area (Å²) in [6.45, 7) is 2.49. The summed E-state index contributed by atoms with van der Waals surface area (Å²) in [7, 11) is 0. The van der Waals surface area contributed by atoms with Crippen molar-refractivity contribution in [2.45, 2.75) is 25.8 Å². The van der Waals surface area contributed by atoms with Crippen molar-refractivity contribution in [3.63, 3.8) is 0 Å². The Morgan fingerprint density at radius 3 is 2.43 bits per heavy atom. The molecular weight excluding hydrogens is 360 g/mol. The molecular formula is C20H24N4O4. The molecule has 0 unspecified atom stereocenters. The number of aliphatic carboxylic acids is 1. The monoisotopic (exact) mass is 384 g/mol. The fraction of sp³-hybridized carbons (Fsp3) is 0.250. The molecule has 8 heteroatoms. The lowest BCUT2D eigenvalue weighted by Crippen LogP contribution is -2.44. The molecule has 148 valence electrons. The number of urea groups is 2. The lowest BCUT2D eigenvalue weighted by atomic mass is 9.98. The van der Waals surface area contributed by atoms with Gasteiger partial charge in [0.05, 0.1) is 5.69 Å². The lowest BCUT2D eigenvalue weighted by Gasteiger charge is -2.16. The van der Waals surface area contributed by atoms with E-state index >= 15 is 0 Å². The summed E-state index contributed by atoms with van der Waals surface area (Å²) in [6, 6.07) is 12.4. The molecule has 4 amide bonds. The van der Waals surface area contributed by atoms with Gasteiger partial charge in [-0.2, -0.15) is 0 Å². The number of benzene rings is 2. The van der Waals surface area contributed by atoms with Crippen molar-refractivity contribution in [3.05, 3.63) is 54.1 Å². The molecule has 0 spiro atoms. The Morgan fingerprint density at radius 1 is 1.11 bits per heavy atom. The minimum Gasteiger partial charge on any atom is -0.480 e. The van der Waals surface area contributed by atoms with Gasteiger partial charge >= 0.3 is 18.0 Å². The average Bonchev–Trinajstić information content (AvgIpc) is 2.66. The lowest BCUT2D eigenvalue weighted by molar-refractivity contribution is -0.139. The highest BCUT2D eigenvalue weighted by Crippen LogP contribution is 2.29.